The number of hydrogen-bond acceptors (Lipinski definition) is 4. The van der Waals surface area contributed by atoms with E-state index in [1.807, 2.05) is 12.3 Å². The van der Waals surface area contributed by atoms with Gasteiger partial charge < -0.3 is 5.32 Å². The van der Waals surface area contributed by atoms with Crippen LogP contribution in [0.3, 0.4) is 0 Å². The number of rotatable bonds is 7. The van der Waals surface area contributed by atoms with Crippen LogP contribution in [-0.4, -0.2) is 26.5 Å². The molecule has 0 aromatic carbocycles. The molecule has 0 aliphatic carbocycles. The molecule has 1 atom stereocenters. The van der Waals surface area contributed by atoms with Gasteiger partial charge in [0.25, 0.3) is 0 Å². The number of nitrogens with one attached hydrogen (secondary N) is 1. The number of sulfone groups is 1. The molecule has 0 spiro atoms. The SMILES string of the molecule is CCCS(=O)(=O)CCNC(C)c1ccsc1. The van der Waals surface area contributed by atoms with E-state index in [1.165, 1.54) is 5.56 Å². The molecule has 1 rings (SSSR count). The van der Waals surface area contributed by atoms with Crippen molar-refractivity contribution in [1.82, 2.24) is 5.32 Å². The Morgan fingerprint density at radius 1 is 1.44 bits per heavy atom. The van der Waals surface area contributed by atoms with Gasteiger partial charge in [0.1, 0.15) is 0 Å². The first-order chi connectivity index (χ1) is 7.55. The van der Waals surface area contributed by atoms with Crippen LogP contribution in [0.4, 0.5) is 0 Å². The van der Waals surface area contributed by atoms with Gasteiger partial charge in [-0.25, -0.2) is 8.42 Å². The topological polar surface area (TPSA) is 46.2 Å². The van der Waals surface area contributed by atoms with E-state index >= 15 is 0 Å². The maximum Gasteiger partial charge on any atom is 0.151 e. The van der Waals surface area contributed by atoms with Crippen LogP contribution in [0.15, 0.2) is 16.8 Å². The first-order valence-corrected chi connectivity index (χ1v) is 8.27. The average molecular weight is 261 g/mol. The van der Waals surface area contributed by atoms with Gasteiger partial charge in [0.15, 0.2) is 9.84 Å². The monoisotopic (exact) mass is 261 g/mol. The molecule has 16 heavy (non-hydrogen) atoms. The molecule has 1 aromatic rings. The highest BCUT2D eigenvalue weighted by Crippen LogP contribution is 2.15. The lowest BCUT2D eigenvalue weighted by Gasteiger charge is -2.12. The van der Waals surface area contributed by atoms with E-state index in [1.54, 1.807) is 11.3 Å². The molecule has 1 unspecified atom stereocenters. The minimum absolute atomic E-state index is 0.225. The van der Waals surface area contributed by atoms with Crippen LogP contribution < -0.4 is 5.32 Å². The Kier molecular flexibility index (Phi) is 5.44. The third kappa shape index (κ3) is 4.63. The van der Waals surface area contributed by atoms with E-state index in [-0.39, 0.29) is 11.8 Å². The van der Waals surface area contributed by atoms with Crippen molar-refractivity contribution in [3.8, 4) is 0 Å². The molecule has 92 valence electrons. The summed E-state index contributed by atoms with van der Waals surface area (Å²) in [7, 11) is -2.86. The zero-order chi connectivity index (χ0) is 12.0. The van der Waals surface area contributed by atoms with Crippen LogP contribution >= 0.6 is 11.3 Å². The average Bonchev–Trinajstić information content (AvgIpc) is 2.69. The minimum atomic E-state index is -2.86. The van der Waals surface area contributed by atoms with Crippen molar-refractivity contribution in [2.24, 2.45) is 0 Å². The van der Waals surface area contributed by atoms with Crippen LogP contribution in [0.1, 0.15) is 31.9 Å². The summed E-state index contributed by atoms with van der Waals surface area (Å²) < 4.78 is 22.9. The van der Waals surface area contributed by atoms with Crippen molar-refractivity contribution < 1.29 is 8.42 Å². The van der Waals surface area contributed by atoms with Crippen LogP contribution in [-0.2, 0) is 9.84 Å². The summed E-state index contributed by atoms with van der Waals surface area (Å²) in [6, 6.07) is 2.28. The lowest BCUT2D eigenvalue weighted by atomic mass is 10.2. The van der Waals surface area contributed by atoms with Gasteiger partial charge in [-0.2, -0.15) is 11.3 Å². The lowest BCUT2D eigenvalue weighted by Crippen LogP contribution is -2.26. The van der Waals surface area contributed by atoms with Gasteiger partial charge in [-0.1, -0.05) is 6.92 Å². The fraction of sp³-hybridized carbons (Fsp3) is 0.636. The van der Waals surface area contributed by atoms with Gasteiger partial charge in [-0.15, -0.1) is 0 Å². The first kappa shape index (κ1) is 13.7. The summed E-state index contributed by atoms with van der Waals surface area (Å²) in [4.78, 5) is 0. The predicted molar refractivity (Wildman–Crippen MR) is 69.7 cm³/mol. The molecule has 0 saturated carbocycles. The molecule has 1 heterocycles. The zero-order valence-electron chi connectivity index (χ0n) is 9.77. The molecular weight excluding hydrogens is 242 g/mol. The van der Waals surface area contributed by atoms with Crippen molar-refractivity contribution >= 4 is 21.2 Å². The van der Waals surface area contributed by atoms with E-state index in [4.69, 9.17) is 0 Å². The molecule has 0 amide bonds. The summed E-state index contributed by atoms with van der Waals surface area (Å²) >= 11 is 1.66. The molecule has 1 aromatic heterocycles. The summed E-state index contributed by atoms with van der Waals surface area (Å²) in [5.74, 6) is 0.525. The number of hydrogen-bond donors (Lipinski definition) is 1. The highest BCUT2D eigenvalue weighted by Gasteiger charge is 2.10. The standard InChI is InChI=1S/C11H19NO2S2/c1-3-7-16(13,14)8-5-12-10(2)11-4-6-15-9-11/h4,6,9-10,12H,3,5,7-8H2,1-2H3. The van der Waals surface area contributed by atoms with Crippen molar-refractivity contribution in [2.45, 2.75) is 26.3 Å². The molecule has 0 aliphatic rings. The Balaban J connectivity index is 2.31. The third-order valence-corrected chi connectivity index (χ3v) is 4.98. The van der Waals surface area contributed by atoms with Gasteiger partial charge in [-0.05, 0) is 35.7 Å². The van der Waals surface area contributed by atoms with Crippen molar-refractivity contribution in [3.63, 3.8) is 0 Å². The second-order valence-electron chi connectivity index (χ2n) is 3.88. The molecule has 3 nitrogen and oxygen atoms in total. The molecule has 0 radical (unpaired) electrons. The Morgan fingerprint density at radius 2 is 2.19 bits per heavy atom. The van der Waals surface area contributed by atoms with E-state index < -0.39 is 9.84 Å². The second kappa shape index (κ2) is 6.37. The van der Waals surface area contributed by atoms with E-state index in [2.05, 4.69) is 23.7 Å². The van der Waals surface area contributed by atoms with Gasteiger partial charge >= 0.3 is 0 Å². The fourth-order valence-corrected chi connectivity index (χ4v) is 3.49. The lowest BCUT2D eigenvalue weighted by molar-refractivity contribution is 0.572. The van der Waals surface area contributed by atoms with Crippen LogP contribution in [0.25, 0.3) is 0 Å². The van der Waals surface area contributed by atoms with E-state index in [9.17, 15) is 8.42 Å². The molecule has 0 bridgehead atoms. The predicted octanol–water partition coefficient (Wildman–Crippen LogP) is 2.22. The van der Waals surface area contributed by atoms with Crippen molar-refractivity contribution in [1.29, 1.82) is 0 Å². The Bertz CT molecular complexity index is 384. The Morgan fingerprint density at radius 3 is 2.75 bits per heavy atom. The Hall–Kier alpha value is -0.390. The van der Waals surface area contributed by atoms with Crippen LogP contribution in [0.5, 0.6) is 0 Å². The summed E-state index contributed by atoms with van der Waals surface area (Å²) in [6.45, 7) is 4.47. The fourth-order valence-electron chi connectivity index (χ4n) is 1.48. The summed E-state index contributed by atoms with van der Waals surface area (Å²) in [6.07, 6.45) is 0.697. The minimum Gasteiger partial charge on any atom is -0.309 e. The van der Waals surface area contributed by atoms with E-state index in [0.717, 1.165) is 0 Å². The third-order valence-electron chi connectivity index (χ3n) is 2.42. The molecule has 0 saturated heterocycles. The van der Waals surface area contributed by atoms with Crippen LogP contribution in [0.2, 0.25) is 0 Å². The molecule has 5 heteroatoms. The normalized spacial score (nSPS) is 13.9. The largest absolute Gasteiger partial charge is 0.309 e. The van der Waals surface area contributed by atoms with Crippen molar-refractivity contribution in [3.05, 3.63) is 22.4 Å². The van der Waals surface area contributed by atoms with E-state index in [0.29, 0.717) is 18.7 Å². The zero-order valence-corrected chi connectivity index (χ0v) is 11.4. The summed E-state index contributed by atoms with van der Waals surface area (Å²) in [5.41, 5.74) is 1.22. The Labute approximate surface area is 102 Å². The van der Waals surface area contributed by atoms with Gasteiger partial charge in [0.05, 0.1) is 5.75 Å². The molecule has 1 N–H and O–H groups in total. The maximum absolute atomic E-state index is 11.5. The highest BCUT2D eigenvalue weighted by molar-refractivity contribution is 7.91. The molecular formula is C11H19NO2S2. The highest BCUT2D eigenvalue weighted by atomic mass is 32.2. The number of thiophene rings is 1. The second-order valence-corrected chi connectivity index (χ2v) is 6.97. The smallest absolute Gasteiger partial charge is 0.151 e. The van der Waals surface area contributed by atoms with Gasteiger partial charge in [0, 0.05) is 18.3 Å². The van der Waals surface area contributed by atoms with Crippen molar-refractivity contribution in [2.75, 3.05) is 18.1 Å². The van der Waals surface area contributed by atoms with Gasteiger partial charge in [0.2, 0.25) is 0 Å². The quantitative estimate of drug-likeness (QED) is 0.818. The van der Waals surface area contributed by atoms with Gasteiger partial charge in [-0.3, -0.25) is 0 Å². The summed E-state index contributed by atoms with van der Waals surface area (Å²) in [5, 5.41) is 7.34. The molecule has 0 fully saturated rings. The molecule has 0 aliphatic heterocycles. The maximum atomic E-state index is 11.5. The van der Waals surface area contributed by atoms with Crippen LogP contribution in [0, 0.1) is 0 Å². The first-order valence-electron chi connectivity index (χ1n) is 5.51.